The fraction of sp³-hybridized carbons (Fsp3) is 1.00. The maximum atomic E-state index is 3.84. The lowest BCUT2D eigenvalue weighted by atomic mass is 10.0. The second-order valence-electron chi connectivity index (χ2n) is 5.86. The summed E-state index contributed by atoms with van der Waals surface area (Å²) in [5.41, 5.74) is 0. The number of hydrogen-bond donors (Lipinski definition) is 2. The largest absolute Gasteiger partial charge is 0.302 e. The summed E-state index contributed by atoms with van der Waals surface area (Å²) >= 11 is 0. The molecule has 2 unspecified atom stereocenters. The second-order valence-corrected chi connectivity index (χ2v) is 5.86. The first kappa shape index (κ1) is 16.0. The van der Waals surface area contributed by atoms with Gasteiger partial charge >= 0.3 is 0 Å². The van der Waals surface area contributed by atoms with Crippen LogP contribution in [-0.4, -0.2) is 18.8 Å². The Balaban J connectivity index is 2.17. The zero-order valence-corrected chi connectivity index (χ0v) is 12.6. The molecule has 0 aromatic rings. The van der Waals surface area contributed by atoms with Crippen molar-refractivity contribution < 1.29 is 0 Å². The van der Waals surface area contributed by atoms with Gasteiger partial charge in [-0.2, -0.15) is 0 Å². The van der Waals surface area contributed by atoms with Crippen LogP contribution in [0.4, 0.5) is 0 Å². The first-order valence-corrected chi connectivity index (χ1v) is 8.36. The van der Waals surface area contributed by atoms with Gasteiger partial charge in [0.25, 0.3) is 0 Å². The van der Waals surface area contributed by atoms with Crippen molar-refractivity contribution in [3.63, 3.8) is 0 Å². The van der Waals surface area contributed by atoms with Gasteiger partial charge in [0.1, 0.15) is 0 Å². The zero-order chi connectivity index (χ0) is 13.1. The highest BCUT2D eigenvalue weighted by molar-refractivity contribution is 4.77. The Bertz CT molecular complexity index is 176. The van der Waals surface area contributed by atoms with E-state index in [0.717, 1.165) is 6.04 Å². The van der Waals surface area contributed by atoms with Gasteiger partial charge in [0.05, 0.1) is 6.17 Å². The molecule has 2 heteroatoms. The Hall–Kier alpha value is -0.0800. The molecule has 1 fully saturated rings. The van der Waals surface area contributed by atoms with Gasteiger partial charge in [-0.15, -0.1) is 0 Å². The SMILES string of the molecule is CCCCCCC(CCCCC)NC1CCCN1. The maximum absolute atomic E-state index is 3.84. The highest BCUT2D eigenvalue weighted by Crippen LogP contribution is 2.14. The van der Waals surface area contributed by atoms with E-state index in [0.29, 0.717) is 6.17 Å². The topological polar surface area (TPSA) is 24.1 Å². The van der Waals surface area contributed by atoms with Crippen LogP contribution in [0.15, 0.2) is 0 Å². The molecule has 2 N–H and O–H groups in total. The molecule has 1 aliphatic heterocycles. The van der Waals surface area contributed by atoms with Crippen molar-refractivity contribution in [3.8, 4) is 0 Å². The van der Waals surface area contributed by atoms with E-state index in [1.54, 1.807) is 0 Å². The average Bonchev–Trinajstić information content (AvgIpc) is 2.87. The van der Waals surface area contributed by atoms with Crippen molar-refractivity contribution in [3.05, 3.63) is 0 Å². The summed E-state index contributed by atoms with van der Waals surface area (Å²) in [5.74, 6) is 0. The van der Waals surface area contributed by atoms with E-state index < -0.39 is 0 Å². The number of unbranched alkanes of at least 4 members (excludes halogenated alkanes) is 5. The van der Waals surface area contributed by atoms with E-state index in [1.165, 1.54) is 77.2 Å². The maximum Gasteiger partial charge on any atom is 0.0574 e. The minimum absolute atomic E-state index is 0.600. The average molecular weight is 254 g/mol. The van der Waals surface area contributed by atoms with Crippen LogP contribution in [0.2, 0.25) is 0 Å². The van der Waals surface area contributed by atoms with E-state index in [4.69, 9.17) is 0 Å². The summed E-state index contributed by atoms with van der Waals surface area (Å²) in [5, 5.41) is 7.41. The van der Waals surface area contributed by atoms with Crippen molar-refractivity contribution in [2.45, 2.75) is 96.7 Å². The van der Waals surface area contributed by atoms with E-state index in [9.17, 15) is 0 Å². The quantitative estimate of drug-likeness (QED) is 0.540. The fourth-order valence-electron chi connectivity index (χ4n) is 2.88. The molecule has 0 saturated carbocycles. The van der Waals surface area contributed by atoms with Crippen LogP contribution in [0.1, 0.15) is 84.5 Å². The lowest BCUT2D eigenvalue weighted by Crippen LogP contribution is -2.43. The van der Waals surface area contributed by atoms with E-state index in [-0.39, 0.29) is 0 Å². The van der Waals surface area contributed by atoms with Crippen LogP contribution in [0.5, 0.6) is 0 Å². The summed E-state index contributed by atoms with van der Waals surface area (Å²) in [6, 6.07) is 0.754. The van der Waals surface area contributed by atoms with Crippen molar-refractivity contribution in [2.75, 3.05) is 6.54 Å². The van der Waals surface area contributed by atoms with Gasteiger partial charge in [-0.3, -0.25) is 5.32 Å². The minimum Gasteiger partial charge on any atom is -0.302 e. The molecule has 1 rings (SSSR count). The Morgan fingerprint density at radius 3 is 2.28 bits per heavy atom. The molecular formula is C16H34N2. The Labute approximate surface area is 114 Å². The van der Waals surface area contributed by atoms with Crippen LogP contribution >= 0.6 is 0 Å². The molecule has 0 amide bonds. The van der Waals surface area contributed by atoms with Crippen LogP contribution in [0.3, 0.4) is 0 Å². The highest BCUT2D eigenvalue weighted by Gasteiger charge is 2.17. The minimum atomic E-state index is 0.600. The van der Waals surface area contributed by atoms with Crippen molar-refractivity contribution in [2.24, 2.45) is 0 Å². The van der Waals surface area contributed by atoms with Gasteiger partial charge in [-0.05, 0) is 32.2 Å². The van der Waals surface area contributed by atoms with Gasteiger partial charge in [0, 0.05) is 6.04 Å². The van der Waals surface area contributed by atoms with Gasteiger partial charge in [0.15, 0.2) is 0 Å². The standard InChI is InChI=1S/C16H34N2/c1-3-5-7-9-12-15(11-8-6-4-2)18-16-13-10-14-17-16/h15-18H,3-14H2,1-2H3. The smallest absolute Gasteiger partial charge is 0.0574 e. The lowest BCUT2D eigenvalue weighted by Gasteiger charge is -2.23. The molecule has 1 aliphatic rings. The van der Waals surface area contributed by atoms with Crippen LogP contribution in [0.25, 0.3) is 0 Å². The molecule has 1 heterocycles. The molecule has 108 valence electrons. The summed E-state index contributed by atoms with van der Waals surface area (Å²) in [7, 11) is 0. The monoisotopic (exact) mass is 254 g/mol. The normalized spacial score (nSPS) is 21.3. The second kappa shape index (κ2) is 10.8. The summed E-state index contributed by atoms with van der Waals surface area (Å²) in [4.78, 5) is 0. The first-order chi connectivity index (χ1) is 8.86. The predicted molar refractivity (Wildman–Crippen MR) is 80.8 cm³/mol. The molecule has 0 aromatic heterocycles. The molecule has 18 heavy (non-hydrogen) atoms. The van der Waals surface area contributed by atoms with Crippen LogP contribution in [-0.2, 0) is 0 Å². The predicted octanol–water partition coefficient (Wildman–Crippen LogP) is 4.20. The van der Waals surface area contributed by atoms with E-state index >= 15 is 0 Å². The van der Waals surface area contributed by atoms with Crippen molar-refractivity contribution in [1.82, 2.24) is 10.6 Å². The third-order valence-corrected chi connectivity index (χ3v) is 4.06. The fourth-order valence-corrected chi connectivity index (χ4v) is 2.88. The third-order valence-electron chi connectivity index (χ3n) is 4.06. The summed E-state index contributed by atoms with van der Waals surface area (Å²) < 4.78 is 0. The lowest BCUT2D eigenvalue weighted by molar-refractivity contribution is 0.354. The molecule has 2 nitrogen and oxygen atoms in total. The van der Waals surface area contributed by atoms with E-state index in [2.05, 4.69) is 24.5 Å². The Kier molecular flexibility index (Phi) is 9.59. The molecule has 0 aromatic carbocycles. The number of nitrogens with one attached hydrogen (secondary N) is 2. The summed E-state index contributed by atoms with van der Waals surface area (Å²) in [6.07, 6.45) is 15.7. The summed E-state index contributed by atoms with van der Waals surface area (Å²) in [6.45, 7) is 5.79. The molecule has 0 radical (unpaired) electrons. The van der Waals surface area contributed by atoms with E-state index in [1.807, 2.05) is 0 Å². The van der Waals surface area contributed by atoms with Crippen molar-refractivity contribution in [1.29, 1.82) is 0 Å². The molecule has 0 aliphatic carbocycles. The Morgan fingerprint density at radius 1 is 1.00 bits per heavy atom. The highest BCUT2D eigenvalue weighted by atomic mass is 15.1. The van der Waals surface area contributed by atoms with Crippen LogP contribution in [0, 0.1) is 0 Å². The van der Waals surface area contributed by atoms with Crippen molar-refractivity contribution >= 4 is 0 Å². The Morgan fingerprint density at radius 2 is 1.67 bits per heavy atom. The third kappa shape index (κ3) is 7.38. The molecular weight excluding hydrogens is 220 g/mol. The molecule has 0 spiro atoms. The number of hydrogen-bond acceptors (Lipinski definition) is 2. The van der Waals surface area contributed by atoms with Gasteiger partial charge < -0.3 is 5.32 Å². The van der Waals surface area contributed by atoms with Gasteiger partial charge in [-0.1, -0.05) is 58.8 Å². The molecule has 2 atom stereocenters. The number of rotatable bonds is 11. The molecule has 1 saturated heterocycles. The molecule has 0 bridgehead atoms. The first-order valence-electron chi connectivity index (χ1n) is 8.36. The van der Waals surface area contributed by atoms with Crippen LogP contribution < -0.4 is 10.6 Å². The van der Waals surface area contributed by atoms with Gasteiger partial charge in [-0.25, -0.2) is 0 Å². The zero-order valence-electron chi connectivity index (χ0n) is 12.6. The van der Waals surface area contributed by atoms with Gasteiger partial charge in [0.2, 0.25) is 0 Å².